The Morgan fingerprint density at radius 2 is 2.19 bits per heavy atom. The molecule has 0 aliphatic heterocycles. The van der Waals surface area contributed by atoms with E-state index in [9.17, 15) is 14.9 Å². The van der Waals surface area contributed by atoms with E-state index in [4.69, 9.17) is 16.7 Å². The number of rotatable bonds is 9. The van der Waals surface area contributed by atoms with Gasteiger partial charge < -0.3 is 10.4 Å². The van der Waals surface area contributed by atoms with Crippen molar-refractivity contribution < 1.29 is 14.8 Å². The number of anilines is 1. The highest BCUT2D eigenvalue weighted by molar-refractivity contribution is 6.30. The molecule has 1 rings (SSSR count). The standard InChI is InChI=1S/C14H19ClN2O4/c1-2-10(3-6-14(18)19)7-8-16-12-5-4-11(15)9-13(12)17(20)21/h4-5,9-10,16H,2-3,6-8H2,1H3,(H,18,19). The van der Waals surface area contributed by atoms with Gasteiger partial charge >= 0.3 is 5.97 Å². The van der Waals surface area contributed by atoms with Crippen LogP contribution in [0.15, 0.2) is 18.2 Å². The minimum absolute atomic E-state index is 0.0546. The van der Waals surface area contributed by atoms with Crippen LogP contribution in [-0.2, 0) is 4.79 Å². The molecule has 0 aliphatic carbocycles. The second-order valence-corrected chi connectivity index (χ2v) is 5.28. The van der Waals surface area contributed by atoms with Crippen molar-refractivity contribution in [2.45, 2.75) is 32.6 Å². The molecule has 6 nitrogen and oxygen atoms in total. The van der Waals surface area contributed by atoms with Crippen molar-refractivity contribution in [3.63, 3.8) is 0 Å². The lowest BCUT2D eigenvalue weighted by Gasteiger charge is -2.14. The zero-order valence-corrected chi connectivity index (χ0v) is 12.6. The summed E-state index contributed by atoms with van der Waals surface area (Å²) in [6, 6.07) is 4.49. The number of aliphatic carboxylic acids is 1. The first-order chi connectivity index (χ1) is 9.93. The van der Waals surface area contributed by atoms with Gasteiger partial charge in [-0.2, -0.15) is 0 Å². The number of carboxylic acids is 1. The molecule has 7 heteroatoms. The third kappa shape index (κ3) is 5.99. The Kier molecular flexibility index (Phi) is 6.94. The van der Waals surface area contributed by atoms with Crippen molar-refractivity contribution in [1.29, 1.82) is 0 Å². The minimum Gasteiger partial charge on any atom is -0.481 e. The lowest BCUT2D eigenvalue weighted by Crippen LogP contribution is -2.11. The van der Waals surface area contributed by atoms with Crippen LogP contribution in [0, 0.1) is 16.0 Å². The van der Waals surface area contributed by atoms with Gasteiger partial charge in [0.1, 0.15) is 5.69 Å². The predicted octanol–water partition coefficient (Wildman–Crippen LogP) is 3.94. The van der Waals surface area contributed by atoms with Crippen molar-refractivity contribution in [2.75, 3.05) is 11.9 Å². The zero-order valence-electron chi connectivity index (χ0n) is 11.8. The smallest absolute Gasteiger partial charge is 0.303 e. The Morgan fingerprint density at radius 3 is 2.76 bits per heavy atom. The van der Waals surface area contributed by atoms with E-state index in [-0.39, 0.29) is 12.1 Å². The molecule has 1 atom stereocenters. The van der Waals surface area contributed by atoms with Crippen LogP contribution >= 0.6 is 11.6 Å². The molecule has 0 saturated heterocycles. The van der Waals surface area contributed by atoms with E-state index in [1.165, 1.54) is 6.07 Å². The Morgan fingerprint density at radius 1 is 1.48 bits per heavy atom. The molecule has 0 bridgehead atoms. The van der Waals surface area contributed by atoms with Crippen LogP contribution in [0.5, 0.6) is 0 Å². The quantitative estimate of drug-likeness (QED) is 0.532. The molecular weight excluding hydrogens is 296 g/mol. The van der Waals surface area contributed by atoms with Crippen LogP contribution < -0.4 is 5.32 Å². The number of carbonyl (C=O) groups is 1. The van der Waals surface area contributed by atoms with Crippen LogP contribution in [0.25, 0.3) is 0 Å². The number of nitro groups is 1. The monoisotopic (exact) mass is 314 g/mol. The van der Waals surface area contributed by atoms with Crippen LogP contribution in [0.1, 0.15) is 32.6 Å². The van der Waals surface area contributed by atoms with Crippen molar-refractivity contribution in [1.82, 2.24) is 0 Å². The summed E-state index contributed by atoms with van der Waals surface area (Å²) in [4.78, 5) is 21.0. The van der Waals surface area contributed by atoms with E-state index in [1.54, 1.807) is 12.1 Å². The minimum atomic E-state index is -0.797. The normalized spacial score (nSPS) is 11.9. The Bertz CT molecular complexity index is 508. The first-order valence-electron chi connectivity index (χ1n) is 6.83. The molecule has 1 aromatic rings. The zero-order chi connectivity index (χ0) is 15.8. The lowest BCUT2D eigenvalue weighted by molar-refractivity contribution is -0.383. The second kappa shape index (κ2) is 8.46. The molecule has 116 valence electrons. The first kappa shape index (κ1) is 17.2. The second-order valence-electron chi connectivity index (χ2n) is 4.84. The van der Waals surface area contributed by atoms with E-state index in [0.29, 0.717) is 29.6 Å². The van der Waals surface area contributed by atoms with Crippen LogP contribution in [0.2, 0.25) is 5.02 Å². The van der Waals surface area contributed by atoms with Crippen molar-refractivity contribution >= 4 is 28.9 Å². The molecule has 2 N–H and O–H groups in total. The van der Waals surface area contributed by atoms with Crippen LogP contribution in [0.4, 0.5) is 11.4 Å². The topological polar surface area (TPSA) is 92.5 Å². The average Bonchev–Trinajstić information content (AvgIpc) is 2.43. The van der Waals surface area contributed by atoms with Gasteiger partial charge in [0.15, 0.2) is 0 Å². The molecular formula is C14H19ClN2O4. The molecule has 0 saturated carbocycles. The Labute approximate surface area is 128 Å². The molecule has 1 aromatic carbocycles. The highest BCUT2D eigenvalue weighted by atomic mass is 35.5. The number of hydrogen-bond donors (Lipinski definition) is 2. The number of benzene rings is 1. The van der Waals surface area contributed by atoms with Gasteiger partial charge in [-0.15, -0.1) is 0 Å². The van der Waals surface area contributed by atoms with E-state index in [0.717, 1.165) is 12.8 Å². The third-order valence-corrected chi connectivity index (χ3v) is 3.60. The van der Waals surface area contributed by atoms with Crippen LogP contribution in [0.3, 0.4) is 0 Å². The predicted molar refractivity (Wildman–Crippen MR) is 81.9 cm³/mol. The van der Waals surface area contributed by atoms with E-state index in [2.05, 4.69) is 5.32 Å². The molecule has 0 fully saturated rings. The summed E-state index contributed by atoms with van der Waals surface area (Å²) in [5.74, 6) is -0.505. The maximum Gasteiger partial charge on any atom is 0.303 e. The van der Waals surface area contributed by atoms with Gasteiger partial charge in [-0.1, -0.05) is 24.9 Å². The highest BCUT2D eigenvalue weighted by Gasteiger charge is 2.15. The molecule has 0 amide bonds. The fourth-order valence-electron chi connectivity index (χ4n) is 2.10. The Hall–Kier alpha value is -1.82. The van der Waals surface area contributed by atoms with Gasteiger partial charge in [0, 0.05) is 24.1 Å². The first-order valence-corrected chi connectivity index (χ1v) is 7.21. The van der Waals surface area contributed by atoms with Crippen LogP contribution in [-0.4, -0.2) is 22.5 Å². The van der Waals surface area contributed by atoms with Gasteiger partial charge in [-0.3, -0.25) is 14.9 Å². The maximum absolute atomic E-state index is 10.9. The lowest BCUT2D eigenvalue weighted by atomic mass is 9.96. The number of nitrogens with one attached hydrogen (secondary N) is 1. The summed E-state index contributed by atoms with van der Waals surface area (Å²) in [6.45, 7) is 2.57. The molecule has 1 unspecified atom stereocenters. The van der Waals surface area contributed by atoms with Gasteiger partial charge in [0.05, 0.1) is 4.92 Å². The van der Waals surface area contributed by atoms with E-state index < -0.39 is 10.9 Å². The molecule has 0 heterocycles. The highest BCUT2D eigenvalue weighted by Crippen LogP contribution is 2.28. The van der Waals surface area contributed by atoms with Crippen molar-refractivity contribution in [2.24, 2.45) is 5.92 Å². The maximum atomic E-state index is 10.9. The number of nitro benzene ring substituents is 1. The van der Waals surface area contributed by atoms with Gasteiger partial charge in [-0.05, 0) is 30.9 Å². The third-order valence-electron chi connectivity index (χ3n) is 3.37. The van der Waals surface area contributed by atoms with Gasteiger partial charge in [-0.25, -0.2) is 0 Å². The number of halogens is 1. The summed E-state index contributed by atoms with van der Waals surface area (Å²) < 4.78 is 0. The SMILES string of the molecule is CCC(CCNc1ccc(Cl)cc1[N+](=O)[O-])CCC(=O)O. The fraction of sp³-hybridized carbons (Fsp3) is 0.500. The summed E-state index contributed by atoms with van der Waals surface area (Å²) in [5, 5.41) is 23.0. The molecule has 21 heavy (non-hydrogen) atoms. The largest absolute Gasteiger partial charge is 0.481 e. The molecule has 0 aliphatic rings. The molecule has 0 radical (unpaired) electrons. The number of nitrogens with zero attached hydrogens (tertiary/aromatic N) is 1. The fourth-order valence-corrected chi connectivity index (χ4v) is 2.26. The molecule has 0 spiro atoms. The molecule has 0 aromatic heterocycles. The van der Waals surface area contributed by atoms with E-state index in [1.807, 2.05) is 6.92 Å². The number of hydrogen-bond acceptors (Lipinski definition) is 4. The summed E-state index contributed by atoms with van der Waals surface area (Å²) in [6.07, 6.45) is 2.43. The number of carboxylic acid groups (broad SMARTS) is 1. The Balaban J connectivity index is 2.55. The summed E-state index contributed by atoms with van der Waals surface area (Å²) in [5.41, 5.74) is 0.374. The van der Waals surface area contributed by atoms with Crippen molar-refractivity contribution in [3.8, 4) is 0 Å². The summed E-state index contributed by atoms with van der Waals surface area (Å²) in [7, 11) is 0. The average molecular weight is 315 g/mol. The van der Waals surface area contributed by atoms with Gasteiger partial charge in [0.2, 0.25) is 0 Å². The van der Waals surface area contributed by atoms with E-state index >= 15 is 0 Å². The summed E-state index contributed by atoms with van der Waals surface area (Å²) >= 11 is 5.75. The van der Waals surface area contributed by atoms with Gasteiger partial charge in [0.25, 0.3) is 5.69 Å². The van der Waals surface area contributed by atoms with Crippen molar-refractivity contribution in [3.05, 3.63) is 33.3 Å².